The molecular formula is C26H30N4O2. The fourth-order valence-corrected chi connectivity index (χ4v) is 4.02. The normalized spacial score (nSPS) is 15.8. The number of carbonyl (C=O) groups excluding carboxylic acids is 1. The first-order valence-electron chi connectivity index (χ1n) is 11.2. The molecular weight excluding hydrogens is 400 g/mol. The van der Waals surface area contributed by atoms with Crippen molar-refractivity contribution in [3.63, 3.8) is 0 Å². The van der Waals surface area contributed by atoms with Gasteiger partial charge in [0.1, 0.15) is 6.61 Å². The largest absolute Gasteiger partial charge is 0.476 e. The maximum absolute atomic E-state index is 13.1. The van der Waals surface area contributed by atoms with Crippen molar-refractivity contribution in [1.29, 1.82) is 0 Å². The second kappa shape index (κ2) is 10.9. The molecule has 0 saturated carbocycles. The number of rotatable bonds is 8. The molecule has 1 aliphatic rings. The molecule has 0 aliphatic carbocycles. The third-order valence-corrected chi connectivity index (χ3v) is 5.93. The summed E-state index contributed by atoms with van der Waals surface area (Å²) in [6.07, 6.45) is 5.19. The van der Waals surface area contributed by atoms with E-state index in [0.717, 1.165) is 43.7 Å². The third kappa shape index (κ3) is 5.92. The minimum Gasteiger partial charge on any atom is -0.476 e. The molecule has 1 atom stereocenters. The van der Waals surface area contributed by atoms with Gasteiger partial charge in [-0.2, -0.15) is 0 Å². The van der Waals surface area contributed by atoms with Crippen molar-refractivity contribution < 1.29 is 9.53 Å². The molecule has 0 radical (unpaired) electrons. The number of piperidine rings is 1. The number of amides is 1. The lowest BCUT2D eigenvalue weighted by atomic mass is 9.94. The molecule has 0 unspecified atom stereocenters. The van der Waals surface area contributed by atoms with Crippen LogP contribution in [0.1, 0.15) is 35.7 Å². The van der Waals surface area contributed by atoms with Gasteiger partial charge in [-0.3, -0.25) is 14.7 Å². The number of nitrogens with zero attached hydrogens (tertiary/aromatic N) is 3. The molecule has 1 N–H and O–H groups in total. The predicted octanol–water partition coefficient (Wildman–Crippen LogP) is 3.78. The van der Waals surface area contributed by atoms with Crippen molar-refractivity contribution in [2.75, 3.05) is 26.2 Å². The smallest absolute Gasteiger partial charge is 0.224 e. The number of hydrogen-bond donors (Lipinski definition) is 1. The number of nitrogens with one attached hydrogen (secondary N) is 1. The van der Waals surface area contributed by atoms with Gasteiger partial charge < -0.3 is 10.1 Å². The summed E-state index contributed by atoms with van der Waals surface area (Å²) in [6.45, 7) is 5.28. The highest BCUT2D eigenvalue weighted by Gasteiger charge is 2.27. The van der Waals surface area contributed by atoms with Gasteiger partial charge >= 0.3 is 0 Å². The van der Waals surface area contributed by atoms with Crippen LogP contribution in [0, 0.1) is 12.8 Å². The van der Waals surface area contributed by atoms with Crippen molar-refractivity contribution in [2.24, 2.45) is 5.92 Å². The highest BCUT2D eigenvalue weighted by Crippen LogP contribution is 2.24. The van der Waals surface area contributed by atoms with E-state index >= 15 is 0 Å². The van der Waals surface area contributed by atoms with E-state index in [2.05, 4.69) is 51.4 Å². The molecule has 1 fully saturated rings. The standard InChI is InChI=1S/C26H30N4O2/c1-20-8-10-21(11-9-20)25(23-6-2-4-14-27-23)29-26(31)22-12-16-30(17-13-22)18-19-32-24-7-3-5-15-28-24/h2-11,14-15,22,25H,12-13,16-19H2,1H3,(H,29,31)/t25-/m0/s1. The van der Waals surface area contributed by atoms with Crippen molar-refractivity contribution in [3.05, 3.63) is 89.9 Å². The molecule has 1 aromatic carbocycles. The Morgan fingerprint density at radius 3 is 2.41 bits per heavy atom. The van der Waals surface area contributed by atoms with Crippen LogP contribution in [0.3, 0.4) is 0 Å². The minimum absolute atomic E-state index is 0.0135. The van der Waals surface area contributed by atoms with Crippen LogP contribution in [-0.4, -0.2) is 47.0 Å². The highest BCUT2D eigenvalue weighted by molar-refractivity contribution is 5.79. The Morgan fingerprint density at radius 1 is 1.03 bits per heavy atom. The van der Waals surface area contributed by atoms with E-state index in [4.69, 9.17) is 4.74 Å². The molecule has 0 bridgehead atoms. The van der Waals surface area contributed by atoms with Crippen LogP contribution >= 0.6 is 0 Å². The van der Waals surface area contributed by atoms with Crippen LogP contribution in [0.2, 0.25) is 0 Å². The van der Waals surface area contributed by atoms with Crippen molar-refractivity contribution in [3.8, 4) is 5.88 Å². The second-order valence-electron chi connectivity index (χ2n) is 8.24. The summed E-state index contributed by atoms with van der Waals surface area (Å²) >= 11 is 0. The topological polar surface area (TPSA) is 67.4 Å². The van der Waals surface area contributed by atoms with Gasteiger partial charge in [0.2, 0.25) is 11.8 Å². The van der Waals surface area contributed by atoms with Crippen molar-refractivity contribution in [1.82, 2.24) is 20.2 Å². The number of ether oxygens (including phenoxy) is 1. The molecule has 6 nitrogen and oxygen atoms in total. The van der Waals surface area contributed by atoms with Crippen LogP contribution < -0.4 is 10.1 Å². The quantitative estimate of drug-likeness (QED) is 0.589. The number of benzene rings is 1. The Morgan fingerprint density at radius 2 is 1.75 bits per heavy atom. The van der Waals surface area contributed by atoms with Gasteiger partial charge in [-0.1, -0.05) is 42.0 Å². The van der Waals surface area contributed by atoms with Gasteiger partial charge in [0.05, 0.1) is 11.7 Å². The zero-order chi connectivity index (χ0) is 22.2. The van der Waals surface area contributed by atoms with E-state index in [-0.39, 0.29) is 17.9 Å². The van der Waals surface area contributed by atoms with Crippen LogP contribution in [0.25, 0.3) is 0 Å². The van der Waals surface area contributed by atoms with Crippen LogP contribution in [-0.2, 0) is 4.79 Å². The lowest BCUT2D eigenvalue weighted by Gasteiger charge is -2.32. The predicted molar refractivity (Wildman–Crippen MR) is 124 cm³/mol. The third-order valence-electron chi connectivity index (χ3n) is 5.93. The van der Waals surface area contributed by atoms with Gasteiger partial charge in [0, 0.05) is 30.9 Å². The molecule has 1 aliphatic heterocycles. The molecule has 0 spiro atoms. The van der Waals surface area contributed by atoms with E-state index in [1.54, 1.807) is 12.4 Å². The fourth-order valence-electron chi connectivity index (χ4n) is 4.02. The van der Waals surface area contributed by atoms with Crippen LogP contribution in [0.4, 0.5) is 0 Å². The number of aromatic nitrogens is 2. The van der Waals surface area contributed by atoms with Gasteiger partial charge in [-0.15, -0.1) is 0 Å². The van der Waals surface area contributed by atoms with Crippen molar-refractivity contribution >= 4 is 5.91 Å². The van der Waals surface area contributed by atoms with E-state index in [9.17, 15) is 4.79 Å². The molecule has 6 heteroatoms. The fraction of sp³-hybridized carbons (Fsp3) is 0.346. The van der Waals surface area contributed by atoms with Gasteiger partial charge in [-0.25, -0.2) is 4.98 Å². The number of aryl methyl sites for hydroxylation is 1. The molecule has 1 saturated heterocycles. The molecule has 32 heavy (non-hydrogen) atoms. The summed E-state index contributed by atoms with van der Waals surface area (Å²) in [6, 6.07) is 19.5. The highest BCUT2D eigenvalue weighted by atomic mass is 16.5. The van der Waals surface area contributed by atoms with Crippen LogP contribution in [0.5, 0.6) is 5.88 Å². The molecule has 166 valence electrons. The molecule has 3 heterocycles. The maximum atomic E-state index is 13.1. The summed E-state index contributed by atoms with van der Waals surface area (Å²) < 4.78 is 5.70. The monoisotopic (exact) mass is 430 g/mol. The van der Waals surface area contributed by atoms with E-state index in [1.165, 1.54) is 5.56 Å². The van der Waals surface area contributed by atoms with E-state index < -0.39 is 0 Å². The van der Waals surface area contributed by atoms with E-state index in [1.807, 2.05) is 36.4 Å². The summed E-state index contributed by atoms with van der Waals surface area (Å²) in [5.74, 6) is 0.767. The van der Waals surface area contributed by atoms with Crippen molar-refractivity contribution in [2.45, 2.75) is 25.8 Å². The van der Waals surface area contributed by atoms with Gasteiger partial charge in [0.25, 0.3) is 0 Å². The van der Waals surface area contributed by atoms with Crippen LogP contribution in [0.15, 0.2) is 73.1 Å². The van der Waals surface area contributed by atoms with E-state index in [0.29, 0.717) is 12.5 Å². The zero-order valence-corrected chi connectivity index (χ0v) is 18.5. The second-order valence-corrected chi connectivity index (χ2v) is 8.24. The van der Waals surface area contributed by atoms with Gasteiger partial charge in [-0.05, 0) is 56.6 Å². The number of likely N-dealkylation sites (tertiary alicyclic amines) is 1. The first-order chi connectivity index (χ1) is 15.7. The lowest BCUT2D eigenvalue weighted by molar-refractivity contribution is -0.127. The Kier molecular flexibility index (Phi) is 7.46. The zero-order valence-electron chi connectivity index (χ0n) is 18.5. The lowest BCUT2D eigenvalue weighted by Crippen LogP contribution is -2.43. The van der Waals surface area contributed by atoms with Gasteiger partial charge in [0.15, 0.2) is 0 Å². The summed E-state index contributed by atoms with van der Waals surface area (Å²) in [4.78, 5) is 24.2. The Balaban J connectivity index is 1.31. The summed E-state index contributed by atoms with van der Waals surface area (Å²) in [7, 11) is 0. The summed E-state index contributed by atoms with van der Waals surface area (Å²) in [5.41, 5.74) is 3.10. The average Bonchev–Trinajstić information content (AvgIpc) is 2.85. The minimum atomic E-state index is -0.242. The summed E-state index contributed by atoms with van der Waals surface area (Å²) in [5, 5.41) is 3.27. The molecule has 2 aromatic heterocycles. The Hall–Kier alpha value is -3.25. The SMILES string of the molecule is Cc1ccc([C@H](NC(=O)C2CCN(CCOc3ccccn3)CC2)c2ccccn2)cc1. The molecule has 3 aromatic rings. The molecule has 4 rings (SSSR count). The Bertz CT molecular complexity index is 972. The number of hydrogen-bond acceptors (Lipinski definition) is 5. The molecule has 1 amide bonds. The number of pyridine rings is 2. The first-order valence-corrected chi connectivity index (χ1v) is 11.2. The average molecular weight is 431 g/mol. The number of carbonyl (C=O) groups is 1. The maximum Gasteiger partial charge on any atom is 0.224 e. The Labute approximate surface area is 189 Å². The first kappa shape index (κ1) is 22.0.